The van der Waals surface area contributed by atoms with Crippen LogP contribution in [-0.2, 0) is 4.74 Å². The molecule has 0 amide bonds. The van der Waals surface area contributed by atoms with Crippen molar-refractivity contribution in [1.29, 1.82) is 5.26 Å². The SMILES string of the molecule is COC(=O)c1cc2c(nc1NC(C)C)[nH]c1ccc(C#N)cc12. The molecule has 0 fully saturated rings. The Morgan fingerprint density at radius 3 is 2.78 bits per heavy atom. The molecule has 0 aliphatic rings. The molecule has 23 heavy (non-hydrogen) atoms. The minimum atomic E-state index is -0.451. The number of anilines is 1. The summed E-state index contributed by atoms with van der Waals surface area (Å²) in [6.45, 7) is 3.94. The first-order valence-corrected chi connectivity index (χ1v) is 7.25. The average Bonchev–Trinajstić information content (AvgIpc) is 2.89. The zero-order valence-electron chi connectivity index (χ0n) is 13.1. The van der Waals surface area contributed by atoms with Crippen molar-refractivity contribution in [3.8, 4) is 6.07 Å². The van der Waals surface area contributed by atoms with Crippen LogP contribution < -0.4 is 5.32 Å². The number of esters is 1. The summed E-state index contributed by atoms with van der Waals surface area (Å²) in [5, 5.41) is 13.9. The third kappa shape index (κ3) is 2.57. The summed E-state index contributed by atoms with van der Waals surface area (Å²) in [6, 6.07) is 9.36. The van der Waals surface area contributed by atoms with Crippen LogP contribution in [0, 0.1) is 11.3 Å². The molecule has 0 spiro atoms. The van der Waals surface area contributed by atoms with Gasteiger partial charge in [-0.3, -0.25) is 0 Å². The van der Waals surface area contributed by atoms with E-state index in [-0.39, 0.29) is 6.04 Å². The average molecular weight is 308 g/mol. The molecule has 0 unspecified atom stereocenters. The van der Waals surface area contributed by atoms with Crippen molar-refractivity contribution in [2.24, 2.45) is 0 Å². The molecule has 2 aromatic heterocycles. The highest BCUT2D eigenvalue weighted by atomic mass is 16.5. The van der Waals surface area contributed by atoms with E-state index in [9.17, 15) is 4.79 Å². The molecule has 6 nitrogen and oxygen atoms in total. The van der Waals surface area contributed by atoms with Crippen LogP contribution in [0.5, 0.6) is 0 Å². The molecular formula is C17H16N4O2. The smallest absolute Gasteiger partial charge is 0.341 e. The van der Waals surface area contributed by atoms with Gasteiger partial charge in [-0.25, -0.2) is 9.78 Å². The lowest BCUT2D eigenvalue weighted by Crippen LogP contribution is -2.15. The second kappa shape index (κ2) is 5.61. The van der Waals surface area contributed by atoms with E-state index >= 15 is 0 Å². The molecule has 2 N–H and O–H groups in total. The lowest BCUT2D eigenvalue weighted by atomic mass is 10.1. The van der Waals surface area contributed by atoms with Crippen molar-refractivity contribution in [2.75, 3.05) is 12.4 Å². The fourth-order valence-electron chi connectivity index (χ4n) is 2.54. The second-order valence-electron chi connectivity index (χ2n) is 5.57. The highest BCUT2D eigenvalue weighted by Crippen LogP contribution is 2.29. The molecule has 0 atom stereocenters. The number of hydrogen-bond acceptors (Lipinski definition) is 5. The van der Waals surface area contributed by atoms with Gasteiger partial charge in [0, 0.05) is 22.3 Å². The largest absolute Gasteiger partial charge is 0.465 e. The molecule has 2 heterocycles. The van der Waals surface area contributed by atoms with Crippen LogP contribution in [0.3, 0.4) is 0 Å². The first-order chi connectivity index (χ1) is 11.0. The van der Waals surface area contributed by atoms with Gasteiger partial charge in [-0.1, -0.05) is 0 Å². The number of fused-ring (bicyclic) bond motifs is 3. The van der Waals surface area contributed by atoms with E-state index in [2.05, 4.69) is 21.4 Å². The number of nitrogens with zero attached hydrogens (tertiary/aromatic N) is 2. The molecule has 1 aromatic carbocycles. The molecule has 0 saturated carbocycles. The van der Waals surface area contributed by atoms with Crippen molar-refractivity contribution >= 4 is 33.7 Å². The maximum Gasteiger partial charge on any atom is 0.341 e. The van der Waals surface area contributed by atoms with Crippen LogP contribution in [0.25, 0.3) is 21.9 Å². The van der Waals surface area contributed by atoms with Crippen LogP contribution in [0.2, 0.25) is 0 Å². The van der Waals surface area contributed by atoms with Gasteiger partial charge in [0.1, 0.15) is 17.0 Å². The van der Waals surface area contributed by atoms with Crippen LogP contribution >= 0.6 is 0 Å². The predicted octanol–water partition coefficient (Wildman–Crippen LogP) is 3.19. The molecular weight excluding hydrogens is 292 g/mol. The summed E-state index contributed by atoms with van der Waals surface area (Å²) < 4.78 is 4.86. The summed E-state index contributed by atoms with van der Waals surface area (Å²) in [4.78, 5) is 19.8. The Bertz CT molecular complexity index is 951. The first-order valence-electron chi connectivity index (χ1n) is 7.25. The van der Waals surface area contributed by atoms with E-state index in [0.29, 0.717) is 22.6 Å². The number of H-pyrrole nitrogens is 1. The fourth-order valence-corrected chi connectivity index (χ4v) is 2.54. The monoisotopic (exact) mass is 308 g/mol. The van der Waals surface area contributed by atoms with Gasteiger partial charge < -0.3 is 15.0 Å². The van der Waals surface area contributed by atoms with Crippen LogP contribution in [0.4, 0.5) is 5.82 Å². The van der Waals surface area contributed by atoms with Gasteiger partial charge in [-0.15, -0.1) is 0 Å². The Labute approximate surface area is 133 Å². The minimum absolute atomic E-state index is 0.123. The number of hydrogen-bond donors (Lipinski definition) is 2. The first kappa shape index (κ1) is 14.9. The molecule has 6 heteroatoms. The molecule has 116 valence electrons. The van der Waals surface area contributed by atoms with Gasteiger partial charge in [0.15, 0.2) is 0 Å². The number of carbonyl (C=O) groups is 1. The number of pyridine rings is 1. The zero-order valence-corrected chi connectivity index (χ0v) is 13.1. The van der Waals surface area contributed by atoms with E-state index in [1.54, 1.807) is 18.2 Å². The number of carbonyl (C=O) groups excluding carboxylic acids is 1. The molecule has 0 saturated heterocycles. The van der Waals surface area contributed by atoms with Crippen LogP contribution in [-0.4, -0.2) is 29.1 Å². The Morgan fingerprint density at radius 1 is 1.35 bits per heavy atom. The Kier molecular flexibility index (Phi) is 3.62. The van der Waals surface area contributed by atoms with E-state index in [0.717, 1.165) is 16.3 Å². The quantitative estimate of drug-likeness (QED) is 0.725. The number of ether oxygens (including phenoxy) is 1. The number of rotatable bonds is 3. The van der Waals surface area contributed by atoms with Crippen LogP contribution in [0.1, 0.15) is 29.8 Å². The number of aromatic nitrogens is 2. The summed E-state index contributed by atoms with van der Waals surface area (Å²) in [7, 11) is 1.34. The summed E-state index contributed by atoms with van der Waals surface area (Å²) in [6.07, 6.45) is 0. The Balaban J connectivity index is 2.31. The molecule has 3 aromatic rings. The Morgan fingerprint density at radius 2 is 2.13 bits per heavy atom. The lowest BCUT2D eigenvalue weighted by Gasteiger charge is -2.12. The molecule has 3 rings (SSSR count). The summed E-state index contributed by atoms with van der Waals surface area (Å²) in [5.41, 5.74) is 2.45. The van der Waals surface area contributed by atoms with Crippen molar-refractivity contribution in [3.05, 3.63) is 35.4 Å². The highest BCUT2D eigenvalue weighted by molar-refractivity contribution is 6.10. The third-order valence-corrected chi connectivity index (χ3v) is 3.55. The number of nitriles is 1. The number of benzene rings is 1. The fraction of sp³-hybridized carbons (Fsp3) is 0.235. The van der Waals surface area contributed by atoms with E-state index in [1.165, 1.54) is 7.11 Å². The minimum Gasteiger partial charge on any atom is -0.465 e. The van der Waals surface area contributed by atoms with Crippen LogP contribution in [0.15, 0.2) is 24.3 Å². The summed E-state index contributed by atoms with van der Waals surface area (Å²) in [5.74, 6) is 0.0275. The van der Waals surface area contributed by atoms with E-state index in [4.69, 9.17) is 10.00 Å². The predicted molar refractivity (Wildman–Crippen MR) is 88.4 cm³/mol. The zero-order chi connectivity index (χ0) is 16.6. The number of methoxy groups -OCH3 is 1. The van der Waals surface area contributed by atoms with Gasteiger partial charge in [0.2, 0.25) is 0 Å². The van der Waals surface area contributed by atoms with E-state index < -0.39 is 5.97 Å². The standard InChI is InChI=1S/C17H16N4O2/c1-9(2)19-16-13(17(22)23-3)7-12-11-6-10(8-18)4-5-14(11)20-15(12)21-16/h4-7,9H,1-3H3,(H2,19,20,21). The van der Waals surface area contributed by atoms with E-state index in [1.807, 2.05) is 19.9 Å². The second-order valence-corrected chi connectivity index (χ2v) is 5.57. The third-order valence-electron chi connectivity index (χ3n) is 3.55. The number of aromatic amines is 1. The molecule has 0 aliphatic carbocycles. The molecule has 0 bridgehead atoms. The van der Waals surface area contributed by atoms with Crippen molar-refractivity contribution in [1.82, 2.24) is 9.97 Å². The van der Waals surface area contributed by atoms with Crippen molar-refractivity contribution < 1.29 is 9.53 Å². The normalized spacial score (nSPS) is 10.9. The van der Waals surface area contributed by atoms with Gasteiger partial charge in [-0.2, -0.15) is 5.26 Å². The maximum atomic E-state index is 12.1. The van der Waals surface area contributed by atoms with Gasteiger partial charge in [0.25, 0.3) is 0 Å². The van der Waals surface area contributed by atoms with Gasteiger partial charge >= 0.3 is 5.97 Å². The lowest BCUT2D eigenvalue weighted by molar-refractivity contribution is 0.0601. The topological polar surface area (TPSA) is 90.8 Å². The van der Waals surface area contributed by atoms with Crippen molar-refractivity contribution in [3.63, 3.8) is 0 Å². The van der Waals surface area contributed by atoms with Gasteiger partial charge in [0.05, 0.1) is 18.7 Å². The molecule has 0 aliphatic heterocycles. The van der Waals surface area contributed by atoms with Gasteiger partial charge in [-0.05, 0) is 38.1 Å². The van der Waals surface area contributed by atoms with Crippen molar-refractivity contribution in [2.45, 2.75) is 19.9 Å². The number of nitrogens with one attached hydrogen (secondary N) is 2. The molecule has 0 radical (unpaired) electrons. The highest BCUT2D eigenvalue weighted by Gasteiger charge is 2.18. The Hall–Kier alpha value is -3.07. The summed E-state index contributed by atoms with van der Waals surface area (Å²) >= 11 is 0. The maximum absolute atomic E-state index is 12.1.